The first-order valence-corrected chi connectivity index (χ1v) is 5.75. The molecule has 1 aliphatic rings. The third-order valence-corrected chi connectivity index (χ3v) is 4.07. The van der Waals surface area contributed by atoms with Crippen molar-refractivity contribution in [2.75, 3.05) is 11.1 Å². The standard InChI is InChI=1S/C10H15N3S/c1-7-4-11-5-9(12-7)13-8-6-14-10(8,2)3/h4-5,8H,6H2,1-3H3,(H,12,13). The molecule has 3 nitrogen and oxygen atoms in total. The summed E-state index contributed by atoms with van der Waals surface area (Å²) in [5.74, 6) is 2.05. The van der Waals surface area contributed by atoms with Gasteiger partial charge in [-0.1, -0.05) is 0 Å². The normalized spacial score (nSPS) is 24.1. The fourth-order valence-electron chi connectivity index (χ4n) is 1.43. The van der Waals surface area contributed by atoms with Crippen LogP contribution in [-0.4, -0.2) is 26.5 Å². The molecule has 0 spiro atoms. The molecule has 2 rings (SSSR count). The van der Waals surface area contributed by atoms with Crippen molar-refractivity contribution in [1.29, 1.82) is 0 Å². The van der Waals surface area contributed by atoms with Gasteiger partial charge in [0.25, 0.3) is 0 Å². The Morgan fingerprint density at radius 2 is 2.29 bits per heavy atom. The predicted molar refractivity (Wildman–Crippen MR) is 60.7 cm³/mol. The van der Waals surface area contributed by atoms with Gasteiger partial charge in [0.05, 0.1) is 17.9 Å². The van der Waals surface area contributed by atoms with Crippen LogP contribution in [-0.2, 0) is 0 Å². The minimum Gasteiger partial charge on any atom is -0.364 e. The molecule has 14 heavy (non-hydrogen) atoms. The average molecular weight is 209 g/mol. The first-order valence-electron chi connectivity index (χ1n) is 4.77. The second kappa shape index (κ2) is 3.42. The largest absolute Gasteiger partial charge is 0.364 e. The van der Waals surface area contributed by atoms with Crippen LogP contribution < -0.4 is 5.32 Å². The Morgan fingerprint density at radius 3 is 2.79 bits per heavy atom. The smallest absolute Gasteiger partial charge is 0.145 e. The Bertz CT molecular complexity index is 338. The highest BCUT2D eigenvalue weighted by Crippen LogP contribution is 2.41. The van der Waals surface area contributed by atoms with Crippen LogP contribution in [0.2, 0.25) is 0 Å². The van der Waals surface area contributed by atoms with Gasteiger partial charge in [-0.15, -0.1) is 0 Å². The highest BCUT2D eigenvalue weighted by atomic mass is 32.2. The van der Waals surface area contributed by atoms with Crippen molar-refractivity contribution in [3.63, 3.8) is 0 Å². The number of thioether (sulfide) groups is 1. The summed E-state index contributed by atoms with van der Waals surface area (Å²) < 4.78 is 0.325. The maximum Gasteiger partial charge on any atom is 0.145 e. The van der Waals surface area contributed by atoms with E-state index in [0.29, 0.717) is 10.8 Å². The van der Waals surface area contributed by atoms with E-state index in [0.717, 1.165) is 17.3 Å². The van der Waals surface area contributed by atoms with E-state index >= 15 is 0 Å². The zero-order chi connectivity index (χ0) is 10.2. The van der Waals surface area contributed by atoms with Gasteiger partial charge in [0.15, 0.2) is 0 Å². The highest BCUT2D eigenvalue weighted by molar-refractivity contribution is 8.02. The van der Waals surface area contributed by atoms with Crippen LogP contribution in [0.4, 0.5) is 5.82 Å². The fraction of sp³-hybridized carbons (Fsp3) is 0.600. The van der Waals surface area contributed by atoms with E-state index < -0.39 is 0 Å². The molecule has 76 valence electrons. The highest BCUT2D eigenvalue weighted by Gasteiger charge is 2.39. The second-order valence-corrected chi connectivity index (χ2v) is 5.83. The number of nitrogens with zero attached hydrogens (tertiary/aromatic N) is 2. The van der Waals surface area contributed by atoms with Crippen LogP contribution in [0.3, 0.4) is 0 Å². The maximum absolute atomic E-state index is 4.38. The van der Waals surface area contributed by atoms with E-state index in [1.807, 2.05) is 18.7 Å². The van der Waals surface area contributed by atoms with Crippen molar-refractivity contribution >= 4 is 17.6 Å². The minimum atomic E-state index is 0.325. The third kappa shape index (κ3) is 1.85. The van der Waals surface area contributed by atoms with Crippen LogP contribution in [0, 0.1) is 6.92 Å². The van der Waals surface area contributed by atoms with Crippen molar-refractivity contribution in [2.24, 2.45) is 0 Å². The summed E-state index contributed by atoms with van der Waals surface area (Å²) in [6.07, 6.45) is 3.55. The van der Waals surface area contributed by atoms with Gasteiger partial charge >= 0.3 is 0 Å². The van der Waals surface area contributed by atoms with E-state index in [9.17, 15) is 0 Å². The number of aromatic nitrogens is 2. The summed E-state index contributed by atoms with van der Waals surface area (Å²) in [5.41, 5.74) is 0.958. The van der Waals surface area contributed by atoms with Crippen LogP contribution in [0.1, 0.15) is 19.5 Å². The quantitative estimate of drug-likeness (QED) is 0.809. The summed E-state index contributed by atoms with van der Waals surface area (Å²) in [5, 5.41) is 3.42. The molecule has 0 aliphatic carbocycles. The van der Waals surface area contributed by atoms with Gasteiger partial charge in [0.1, 0.15) is 5.82 Å². The SMILES string of the molecule is Cc1cncc(NC2CSC2(C)C)n1. The number of anilines is 1. The zero-order valence-electron chi connectivity index (χ0n) is 8.74. The lowest BCUT2D eigenvalue weighted by Crippen LogP contribution is -2.50. The molecule has 1 N–H and O–H groups in total. The van der Waals surface area contributed by atoms with Crippen molar-refractivity contribution < 1.29 is 0 Å². The van der Waals surface area contributed by atoms with Crippen LogP contribution in [0.15, 0.2) is 12.4 Å². The van der Waals surface area contributed by atoms with Crippen molar-refractivity contribution in [3.8, 4) is 0 Å². The Kier molecular flexibility index (Phi) is 2.39. The third-order valence-electron chi connectivity index (χ3n) is 2.54. The van der Waals surface area contributed by atoms with Gasteiger partial charge in [-0.2, -0.15) is 11.8 Å². The molecule has 1 aromatic heterocycles. The first kappa shape index (κ1) is 9.77. The van der Waals surface area contributed by atoms with E-state index in [1.165, 1.54) is 0 Å². The molecule has 1 fully saturated rings. The number of hydrogen-bond acceptors (Lipinski definition) is 4. The summed E-state index contributed by atoms with van der Waals surface area (Å²) in [6, 6.07) is 0.517. The zero-order valence-corrected chi connectivity index (χ0v) is 9.56. The molecule has 1 unspecified atom stereocenters. The van der Waals surface area contributed by atoms with Crippen LogP contribution in [0.5, 0.6) is 0 Å². The number of aryl methyl sites for hydroxylation is 1. The molecule has 0 amide bonds. The molecule has 1 aliphatic heterocycles. The van der Waals surface area contributed by atoms with Gasteiger partial charge in [-0.25, -0.2) is 4.98 Å². The van der Waals surface area contributed by atoms with Crippen LogP contribution in [0.25, 0.3) is 0 Å². The van der Waals surface area contributed by atoms with E-state index in [1.54, 1.807) is 12.4 Å². The molecule has 2 heterocycles. The van der Waals surface area contributed by atoms with Gasteiger partial charge in [0, 0.05) is 16.7 Å². The average Bonchev–Trinajstić information content (AvgIpc) is 2.13. The van der Waals surface area contributed by atoms with Crippen molar-refractivity contribution in [3.05, 3.63) is 18.1 Å². The van der Waals surface area contributed by atoms with Gasteiger partial charge in [-0.3, -0.25) is 4.98 Å². The summed E-state index contributed by atoms with van der Waals surface area (Å²) in [7, 11) is 0. The van der Waals surface area contributed by atoms with Gasteiger partial charge in [0.2, 0.25) is 0 Å². The molecular formula is C10H15N3S. The lowest BCUT2D eigenvalue weighted by molar-refractivity contribution is 0.574. The van der Waals surface area contributed by atoms with Crippen molar-refractivity contribution in [2.45, 2.75) is 31.6 Å². The maximum atomic E-state index is 4.38. The Balaban J connectivity index is 2.05. The number of nitrogens with one attached hydrogen (secondary N) is 1. The molecule has 0 radical (unpaired) electrons. The second-order valence-electron chi connectivity index (χ2n) is 4.16. The van der Waals surface area contributed by atoms with E-state index in [4.69, 9.17) is 0 Å². The Labute approximate surface area is 88.7 Å². The Morgan fingerprint density at radius 1 is 1.50 bits per heavy atom. The van der Waals surface area contributed by atoms with Crippen molar-refractivity contribution in [1.82, 2.24) is 9.97 Å². The Hall–Kier alpha value is -0.770. The predicted octanol–water partition coefficient (Wildman–Crippen LogP) is 2.09. The van der Waals surface area contributed by atoms with E-state index in [2.05, 4.69) is 29.1 Å². The fourth-order valence-corrected chi connectivity index (χ4v) is 2.57. The lowest BCUT2D eigenvalue weighted by Gasteiger charge is -2.44. The minimum absolute atomic E-state index is 0.325. The molecule has 4 heteroatoms. The monoisotopic (exact) mass is 209 g/mol. The first-order chi connectivity index (χ1) is 6.58. The summed E-state index contributed by atoms with van der Waals surface area (Å²) in [6.45, 7) is 6.46. The van der Waals surface area contributed by atoms with Gasteiger partial charge in [-0.05, 0) is 20.8 Å². The molecule has 0 saturated carbocycles. The number of rotatable bonds is 2. The van der Waals surface area contributed by atoms with Crippen LogP contribution >= 0.6 is 11.8 Å². The molecule has 0 aromatic carbocycles. The van der Waals surface area contributed by atoms with E-state index in [-0.39, 0.29) is 0 Å². The topological polar surface area (TPSA) is 37.8 Å². The molecule has 1 saturated heterocycles. The van der Waals surface area contributed by atoms with Gasteiger partial charge < -0.3 is 5.32 Å². The molecule has 1 atom stereocenters. The molecule has 1 aromatic rings. The lowest BCUT2D eigenvalue weighted by atomic mass is 10.0. The summed E-state index contributed by atoms with van der Waals surface area (Å²) >= 11 is 1.98. The summed E-state index contributed by atoms with van der Waals surface area (Å²) in [4.78, 5) is 8.49. The number of hydrogen-bond donors (Lipinski definition) is 1. The molecule has 0 bridgehead atoms. The molecular weight excluding hydrogens is 194 g/mol.